The summed E-state index contributed by atoms with van der Waals surface area (Å²) in [4.78, 5) is 27.6. The van der Waals surface area contributed by atoms with Crippen molar-refractivity contribution in [2.24, 2.45) is 4.99 Å². The second kappa shape index (κ2) is 8.24. The van der Waals surface area contributed by atoms with E-state index < -0.39 is 11.9 Å². The van der Waals surface area contributed by atoms with Gasteiger partial charge >= 0.3 is 5.97 Å². The number of hydrogen-bond acceptors (Lipinski definition) is 4. The molecule has 6 heteroatoms. The minimum atomic E-state index is -0.547. The van der Waals surface area contributed by atoms with Crippen molar-refractivity contribution in [3.8, 4) is 0 Å². The third-order valence-corrected chi connectivity index (χ3v) is 3.79. The number of benzene rings is 1. The van der Waals surface area contributed by atoms with Crippen molar-refractivity contribution in [3.05, 3.63) is 63.9 Å². The number of allylic oxidation sites excluding steroid dienone is 1. The standard InChI is InChI=1S/C17H18N2O3S/c1-3-4-16(21)22-12-15(20)18-17-19(9-10-23-17)11-14-7-5-13(2)6-8-14/h3-10H,11-12H2,1-2H3/b4-3+,18-17?. The largest absolute Gasteiger partial charge is 0.452 e. The average molecular weight is 330 g/mol. The lowest BCUT2D eigenvalue weighted by molar-refractivity contribution is -0.142. The number of ether oxygens (including phenoxy) is 1. The Labute approximate surface area is 138 Å². The highest BCUT2D eigenvalue weighted by molar-refractivity contribution is 7.07. The molecule has 0 saturated carbocycles. The van der Waals surface area contributed by atoms with Gasteiger partial charge in [-0.3, -0.25) is 4.79 Å². The van der Waals surface area contributed by atoms with Gasteiger partial charge in [0.2, 0.25) is 0 Å². The van der Waals surface area contributed by atoms with Gasteiger partial charge in [0.25, 0.3) is 5.91 Å². The van der Waals surface area contributed by atoms with Crippen LogP contribution in [0.1, 0.15) is 18.1 Å². The lowest BCUT2D eigenvalue weighted by atomic mass is 10.1. The second-order valence-corrected chi connectivity index (χ2v) is 5.79. The molecule has 0 radical (unpaired) electrons. The number of nitrogens with zero attached hydrogens (tertiary/aromatic N) is 2. The van der Waals surface area contributed by atoms with Gasteiger partial charge in [0.05, 0.1) is 0 Å². The molecule has 5 nitrogen and oxygen atoms in total. The predicted octanol–water partition coefficient (Wildman–Crippen LogP) is 2.45. The third-order valence-electron chi connectivity index (χ3n) is 2.99. The quantitative estimate of drug-likeness (QED) is 0.625. The van der Waals surface area contributed by atoms with Crippen LogP contribution >= 0.6 is 11.3 Å². The van der Waals surface area contributed by atoms with E-state index in [1.807, 2.05) is 47.3 Å². The van der Waals surface area contributed by atoms with E-state index in [9.17, 15) is 9.59 Å². The van der Waals surface area contributed by atoms with Crippen molar-refractivity contribution in [2.45, 2.75) is 20.4 Å². The van der Waals surface area contributed by atoms with Gasteiger partial charge in [-0.25, -0.2) is 4.79 Å². The molecular weight excluding hydrogens is 312 g/mol. The van der Waals surface area contributed by atoms with Crippen LogP contribution < -0.4 is 4.80 Å². The van der Waals surface area contributed by atoms with Crippen LogP contribution in [0.5, 0.6) is 0 Å². The highest BCUT2D eigenvalue weighted by atomic mass is 32.1. The van der Waals surface area contributed by atoms with E-state index in [1.54, 1.807) is 13.0 Å². The molecule has 23 heavy (non-hydrogen) atoms. The summed E-state index contributed by atoms with van der Waals surface area (Å²) in [7, 11) is 0. The van der Waals surface area contributed by atoms with Crippen LogP contribution in [-0.4, -0.2) is 23.1 Å². The molecule has 0 unspecified atom stereocenters. The summed E-state index contributed by atoms with van der Waals surface area (Å²) in [5.41, 5.74) is 2.33. The minimum absolute atomic E-state index is 0.356. The Morgan fingerprint density at radius 2 is 2.04 bits per heavy atom. The Morgan fingerprint density at radius 3 is 2.74 bits per heavy atom. The highest BCUT2D eigenvalue weighted by Crippen LogP contribution is 2.05. The zero-order valence-corrected chi connectivity index (χ0v) is 13.9. The van der Waals surface area contributed by atoms with Crippen LogP contribution in [-0.2, 0) is 20.9 Å². The van der Waals surface area contributed by atoms with E-state index in [1.165, 1.54) is 23.0 Å². The van der Waals surface area contributed by atoms with E-state index in [0.717, 1.165) is 5.56 Å². The predicted molar refractivity (Wildman–Crippen MR) is 88.9 cm³/mol. The molecule has 0 fully saturated rings. The fourth-order valence-electron chi connectivity index (χ4n) is 1.85. The number of hydrogen-bond donors (Lipinski definition) is 0. The van der Waals surface area contributed by atoms with Gasteiger partial charge in [-0.1, -0.05) is 35.9 Å². The van der Waals surface area contributed by atoms with Gasteiger partial charge < -0.3 is 9.30 Å². The number of thiazole rings is 1. The smallest absolute Gasteiger partial charge is 0.330 e. The zero-order valence-electron chi connectivity index (χ0n) is 13.1. The first-order valence-corrected chi connectivity index (χ1v) is 8.03. The highest BCUT2D eigenvalue weighted by Gasteiger charge is 2.05. The molecule has 0 bridgehead atoms. The summed E-state index contributed by atoms with van der Waals surface area (Å²) in [5.74, 6) is -1.03. The zero-order chi connectivity index (χ0) is 16.7. The van der Waals surface area contributed by atoms with Crippen LogP contribution in [0.15, 0.2) is 53.0 Å². The lowest BCUT2D eigenvalue weighted by Gasteiger charge is -2.04. The molecule has 1 aromatic heterocycles. The Hall–Kier alpha value is -2.47. The first-order chi connectivity index (χ1) is 11.1. The molecule has 1 heterocycles. The van der Waals surface area contributed by atoms with Gasteiger partial charge in [0.1, 0.15) is 0 Å². The molecule has 1 aromatic carbocycles. The summed E-state index contributed by atoms with van der Waals surface area (Å²) < 4.78 is 6.68. The van der Waals surface area contributed by atoms with Crippen molar-refractivity contribution < 1.29 is 14.3 Å². The van der Waals surface area contributed by atoms with Gasteiger partial charge in [0, 0.05) is 24.2 Å². The summed E-state index contributed by atoms with van der Waals surface area (Å²) in [6.07, 6.45) is 4.69. The maximum absolute atomic E-state index is 11.8. The maximum atomic E-state index is 11.8. The SMILES string of the molecule is C/C=C/C(=O)OCC(=O)N=c1sccn1Cc1ccc(C)cc1. The molecule has 0 aliphatic carbocycles. The van der Waals surface area contributed by atoms with Crippen molar-refractivity contribution in [3.63, 3.8) is 0 Å². The Kier molecular flexibility index (Phi) is 6.05. The molecule has 2 aromatic rings. The van der Waals surface area contributed by atoms with Gasteiger partial charge in [-0.05, 0) is 19.4 Å². The minimum Gasteiger partial charge on any atom is -0.452 e. The van der Waals surface area contributed by atoms with Crippen LogP contribution in [0.4, 0.5) is 0 Å². The van der Waals surface area contributed by atoms with Crippen molar-refractivity contribution >= 4 is 23.2 Å². The Morgan fingerprint density at radius 1 is 1.30 bits per heavy atom. The first-order valence-electron chi connectivity index (χ1n) is 7.15. The number of rotatable bonds is 5. The number of amides is 1. The number of esters is 1. The molecule has 0 N–H and O–H groups in total. The molecule has 0 spiro atoms. The number of aromatic nitrogens is 1. The normalized spacial score (nSPS) is 11.8. The van der Waals surface area contributed by atoms with Crippen molar-refractivity contribution in [2.75, 3.05) is 6.61 Å². The maximum Gasteiger partial charge on any atom is 0.330 e. The fourth-order valence-corrected chi connectivity index (χ4v) is 2.60. The summed E-state index contributed by atoms with van der Waals surface area (Å²) in [6, 6.07) is 8.19. The van der Waals surface area contributed by atoms with Gasteiger partial charge in [-0.2, -0.15) is 4.99 Å². The molecule has 0 atom stereocenters. The Balaban J connectivity index is 2.06. The second-order valence-electron chi connectivity index (χ2n) is 4.91. The lowest BCUT2D eigenvalue weighted by Crippen LogP contribution is -2.19. The van der Waals surface area contributed by atoms with Crippen molar-refractivity contribution in [1.82, 2.24) is 4.57 Å². The van der Waals surface area contributed by atoms with E-state index in [4.69, 9.17) is 4.74 Å². The summed E-state index contributed by atoms with van der Waals surface area (Å²) in [6.45, 7) is 4.02. The molecule has 1 amide bonds. The van der Waals surface area contributed by atoms with E-state index in [2.05, 4.69) is 4.99 Å². The van der Waals surface area contributed by atoms with Crippen LogP contribution in [0.25, 0.3) is 0 Å². The third kappa shape index (κ3) is 5.34. The topological polar surface area (TPSA) is 60.7 Å². The van der Waals surface area contributed by atoms with Gasteiger partial charge in [-0.15, -0.1) is 11.3 Å². The van der Waals surface area contributed by atoms with E-state index in [0.29, 0.717) is 11.3 Å². The van der Waals surface area contributed by atoms with Crippen LogP contribution in [0.2, 0.25) is 0 Å². The van der Waals surface area contributed by atoms with Crippen molar-refractivity contribution in [1.29, 1.82) is 0 Å². The Bertz CT molecular complexity index is 770. The summed E-state index contributed by atoms with van der Waals surface area (Å²) >= 11 is 1.37. The molecule has 120 valence electrons. The summed E-state index contributed by atoms with van der Waals surface area (Å²) in [5, 5.41) is 1.87. The first kappa shape index (κ1) is 16.9. The van der Waals surface area contributed by atoms with Crippen LogP contribution in [0.3, 0.4) is 0 Å². The average Bonchev–Trinajstić information content (AvgIpc) is 2.95. The van der Waals surface area contributed by atoms with Crippen LogP contribution in [0, 0.1) is 6.92 Å². The molecule has 0 saturated heterocycles. The van der Waals surface area contributed by atoms with E-state index >= 15 is 0 Å². The number of carbonyl (C=O) groups is 2. The fraction of sp³-hybridized carbons (Fsp3) is 0.235. The van der Waals surface area contributed by atoms with E-state index in [-0.39, 0.29) is 6.61 Å². The number of carbonyl (C=O) groups excluding carboxylic acids is 2. The molecule has 2 rings (SSSR count). The number of aryl methyl sites for hydroxylation is 1. The molecule has 0 aliphatic rings. The molecule has 0 aliphatic heterocycles. The monoisotopic (exact) mass is 330 g/mol. The van der Waals surface area contributed by atoms with Gasteiger partial charge in [0.15, 0.2) is 11.4 Å². The molecular formula is C17H18N2O3S.